The van der Waals surface area contributed by atoms with E-state index in [9.17, 15) is 4.79 Å². The summed E-state index contributed by atoms with van der Waals surface area (Å²) in [6.07, 6.45) is 0. The van der Waals surface area contributed by atoms with Gasteiger partial charge in [-0.2, -0.15) is 0 Å². The predicted molar refractivity (Wildman–Crippen MR) is 58.9 cm³/mol. The molecular weight excluding hydrogens is 328 g/mol. The zero-order valence-corrected chi connectivity index (χ0v) is 11.0. The van der Waals surface area contributed by atoms with E-state index in [0.717, 1.165) is 0 Å². The van der Waals surface area contributed by atoms with E-state index in [1.807, 2.05) is 0 Å². The molecule has 9 heteroatoms. The van der Waals surface area contributed by atoms with Crippen molar-refractivity contribution >= 4 is 87.2 Å². The van der Waals surface area contributed by atoms with E-state index in [1.165, 1.54) is 0 Å². The van der Waals surface area contributed by atoms with Gasteiger partial charge in [0.25, 0.3) is 3.79 Å². The fourth-order valence-electron chi connectivity index (χ4n) is 0. The molecule has 0 amide bonds. The fraction of sp³-hybridized carbons (Fsp3) is 0.750. The topological polar surface area (TPSA) is 37.3 Å². The van der Waals surface area contributed by atoms with E-state index in [2.05, 4.69) is 0 Å². The molecule has 0 spiro atoms. The molecule has 0 radical (unpaired) electrons. The highest BCUT2D eigenvalue weighted by Crippen LogP contribution is 2.26. The lowest BCUT2D eigenvalue weighted by Crippen LogP contribution is -2.16. The molecule has 0 aliphatic heterocycles. The van der Waals surface area contributed by atoms with Gasteiger partial charge in [0.1, 0.15) is 0 Å². The average molecular weight is 331 g/mol. The summed E-state index contributed by atoms with van der Waals surface area (Å²) in [6.45, 7) is 0. The van der Waals surface area contributed by atoms with Gasteiger partial charge in [0.05, 0.1) is 5.88 Å². The summed E-state index contributed by atoms with van der Waals surface area (Å²) < 4.78 is -3.44. The Balaban J connectivity index is 0. The fourth-order valence-corrected chi connectivity index (χ4v) is 0. The Morgan fingerprint density at radius 3 is 1.23 bits per heavy atom. The van der Waals surface area contributed by atoms with Crippen molar-refractivity contribution in [2.45, 2.75) is 7.59 Å². The standard InChI is InChI=1S/C2H2Cl4.C2HCl3O2/c3-1-2(4,5)6;3-2(4,5)1(6)7/h1H2;(H,6,7). The highest BCUT2D eigenvalue weighted by atomic mass is 35.6. The molecule has 0 aromatic heterocycles. The third kappa shape index (κ3) is 16.2. The summed E-state index contributed by atoms with van der Waals surface area (Å²) in [7, 11) is 0. The Morgan fingerprint density at radius 1 is 1.08 bits per heavy atom. The minimum atomic E-state index is -2.17. The molecule has 0 rings (SSSR count). The first-order chi connectivity index (χ1) is 5.50. The minimum absolute atomic E-state index is 0.0394. The van der Waals surface area contributed by atoms with E-state index >= 15 is 0 Å². The maximum atomic E-state index is 9.62. The van der Waals surface area contributed by atoms with Crippen LogP contribution >= 0.6 is 81.2 Å². The lowest BCUT2D eigenvalue weighted by molar-refractivity contribution is -0.135. The maximum Gasteiger partial charge on any atom is 0.356 e. The number of alkyl halides is 7. The Kier molecular flexibility index (Phi) is 8.96. The van der Waals surface area contributed by atoms with Crippen LogP contribution in [0.5, 0.6) is 0 Å². The quantitative estimate of drug-likeness (QED) is 0.680. The zero-order chi connectivity index (χ0) is 11.3. The number of carboxylic acid groups (broad SMARTS) is 1. The van der Waals surface area contributed by atoms with Crippen molar-refractivity contribution in [1.82, 2.24) is 0 Å². The molecule has 0 atom stereocenters. The smallest absolute Gasteiger partial charge is 0.356 e. The SMILES string of the molecule is ClCC(Cl)(Cl)Cl.O=C(O)C(Cl)(Cl)Cl. The molecule has 0 unspecified atom stereocenters. The Labute approximate surface area is 110 Å². The van der Waals surface area contributed by atoms with Crippen LogP contribution in [0.25, 0.3) is 0 Å². The lowest BCUT2D eigenvalue weighted by atomic mass is 10.8. The number of aliphatic carboxylic acids is 1. The summed E-state index contributed by atoms with van der Waals surface area (Å²) in [6, 6.07) is 0. The predicted octanol–water partition coefficient (Wildman–Crippen LogP) is 4.04. The van der Waals surface area contributed by atoms with Crippen LogP contribution in [0, 0.1) is 0 Å². The monoisotopic (exact) mass is 328 g/mol. The first kappa shape index (κ1) is 16.9. The van der Waals surface area contributed by atoms with Crippen molar-refractivity contribution in [3.8, 4) is 0 Å². The number of rotatable bonds is 0. The molecular formula is C4H3Cl7O2. The molecule has 13 heavy (non-hydrogen) atoms. The van der Waals surface area contributed by atoms with E-state index in [0.29, 0.717) is 0 Å². The van der Waals surface area contributed by atoms with Gasteiger partial charge in [-0.25, -0.2) is 4.79 Å². The van der Waals surface area contributed by atoms with Crippen molar-refractivity contribution < 1.29 is 9.90 Å². The Hall–Kier alpha value is 1.50. The largest absolute Gasteiger partial charge is 0.478 e. The molecule has 80 valence electrons. The van der Waals surface area contributed by atoms with Gasteiger partial charge in [0.15, 0.2) is 0 Å². The zero-order valence-electron chi connectivity index (χ0n) is 5.71. The normalized spacial score (nSPS) is 11.6. The van der Waals surface area contributed by atoms with Crippen molar-refractivity contribution in [3.63, 3.8) is 0 Å². The highest BCUT2D eigenvalue weighted by Gasteiger charge is 2.29. The molecule has 0 aliphatic carbocycles. The van der Waals surface area contributed by atoms with Crippen LogP contribution in [-0.4, -0.2) is 24.5 Å². The Morgan fingerprint density at radius 2 is 1.23 bits per heavy atom. The first-order valence-electron chi connectivity index (χ1n) is 2.43. The molecule has 0 saturated carbocycles. The van der Waals surface area contributed by atoms with Gasteiger partial charge < -0.3 is 5.11 Å². The van der Waals surface area contributed by atoms with Crippen molar-refractivity contribution in [2.75, 3.05) is 5.88 Å². The second-order valence-electron chi connectivity index (χ2n) is 1.55. The maximum absolute atomic E-state index is 9.62. The van der Waals surface area contributed by atoms with Crippen LogP contribution in [0.15, 0.2) is 0 Å². The van der Waals surface area contributed by atoms with Gasteiger partial charge in [-0.1, -0.05) is 69.6 Å². The van der Waals surface area contributed by atoms with Gasteiger partial charge in [0.2, 0.25) is 3.79 Å². The van der Waals surface area contributed by atoms with Gasteiger partial charge in [-0.15, -0.1) is 11.6 Å². The van der Waals surface area contributed by atoms with Gasteiger partial charge >= 0.3 is 5.97 Å². The van der Waals surface area contributed by atoms with Gasteiger partial charge in [-0.05, 0) is 0 Å². The number of halogens is 7. The molecule has 0 aromatic rings. The van der Waals surface area contributed by atoms with Gasteiger partial charge in [-0.3, -0.25) is 0 Å². The van der Waals surface area contributed by atoms with Crippen molar-refractivity contribution in [2.24, 2.45) is 0 Å². The molecule has 0 aromatic carbocycles. The molecule has 0 aliphatic rings. The summed E-state index contributed by atoms with van der Waals surface area (Å²) in [5, 5.41) is 7.85. The van der Waals surface area contributed by atoms with Crippen LogP contribution in [-0.2, 0) is 4.79 Å². The van der Waals surface area contributed by atoms with Crippen LogP contribution < -0.4 is 0 Å². The summed E-state index contributed by atoms with van der Waals surface area (Å²) in [4.78, 5) is 9.62. The van der Waals surface area contributed by atoms with Crippen LogP contribution in [0.2, 0.25) is 0 Å². The average Bonchev–Trinajstić information content (AvgIpc) is 1.85. The second-order valence-corrected chi connectivity index (χ2v) is 6.62. The lowest BCUT2D eigenvalue weighted by Gasteiger charge is -2.00. The van der Waals surface area contributed by atoms with Crippen molar-refractivity contribution in [3.05, 3.63) is 0 Å². The van der Waals surface area contributed by atoms with Crippen LogP contribution in [0.4, 0.5) is 0 Å². The third-order valence-electron chi connectivity index (χ3n) is 0.394. The highest BCUT2D eigenvalue weighted by molar-refractivity contribution is 6.75. The number of hydrogen-bond donors (Lipinski definition) is 1. The molecule has 0 saturated heterocycles. The number of hydrogen-bond acceptors (Lipinski definition) is 1. The summed E-state index contributed by atoms with van der Waals surface area (Å²) in [5.74, 6) is -1.42. The molecule has 1 N–H and O–H groups in total. The molecule has 0 heterocycles. The van der Waals surface area contributed by atoms with E-state index < -0.39 is 13.6 Å². The molecule has 2 nitrogen and oxygen atoms in total. The summed E-state index contributed by atoms with van der Waals surface area (Å²) >= 11 is 34.8. The van der Waals surface area contributed by atoms with E-state index in [1.54, 1.807) is 0 Å². The van der Waals surface area contributed by atoms with Crippen LogP contribution in [0.1, 0.15) is 0 Å². The minimum Gasteiger partial charge on any atom is -0.478 e. The Bertz CT molecular complexity index is 157. The molecule has 0 bridgehead atoms. The van der Waals surface area contributed by atoms with Crippen LogP contribution in [0.3, 0.4) is 0 Å². The molecule has 0 fully saturated rings. The first-order valence-corrected chi connectivity index (χ1v) is 5.23. The van der Waals surface area contributed by atoms with E-state index in [4.69, 9.17) is 86.3 Å². The van der Waals surface area contributed by atoms with Gasteiger partial charge in [0, 0.05) is 0 Å². The number of carbonyl (C=O) groups is 1. The summed E-state index contributed by atoms with van der Waals surface area (Å²) in [5.41, 5.74) is 0. The van der Waals surface area contributed by atoms with Crippen molar-refractivity contribution in [1.29, 1.82) is 0 Å². The third-order valence-corrected chi connectivity index (χ3v) is 2.09. The second kappa shape index (κ2) is 6.89. The number of carboxylic acids is 1. The van der Waals surface area contributed by atoms with E-state index in [-0.39, 0.29) is 5.88 Å².